The van der Waals surface area contributed by atoms with Crippen LogP contribution in [0.5, 0.6) is 0 Å². The largest absolute Gasteiger partial charge is 0.353 e. The minimum atomic E-state index is -0.460. The molecule has 3 nitrogen and oxygen atoms in total. The van der Waals surface area contributed by atoms with E-state index in [2.05, 4.69) is 5.32 Å². The fourth-order valence-electron chi connectivity index (χ4n) is 3.20. The van der Waals surface area contributed by atoms with Gasteiger partial charge in [-0.05, 0) is 61.8 Å². The van der Waals surface area contributed by atoms with Gasteiger partial charge in [0.15, 0.2) is 0 Å². The molecule has 2 aliphatic carbocycles. The van der Waals surface area contributed by atoms with Gasteiger partial charge in [0.2, 0.25) is 5.91 Å². The summed E-state index contributed by atoms with van der Waals surface area (Å²) in [6.07, 6.45) is 4.25. The first-order valence-electron chi connectivity index (χ1n) is 7.55. The van der Waals surface area contributed by atoms with Crippen molar-refractivity contribution in [3.63, 3.8) is 0 Å². The highest BCUT2D eigenvalue weighted by Crippen LogP contribution is 2.48. The van der Waals surface area contributed by atoms with Gasteiger partial charge in [0.25, 0.3) is 0 Å². The molecular formula is C16H20F2N2O. The molecule has 0 saturated heterocycles. The van der Waals surface area contributed by atoms with Crippen molar-refractivity contribution in [3.8, 4) is 0 Å². The van der Waals surface area contributed by atoms with Crippen molar-refractivity contribution >= 4 is 5.91 Å². The zero-order valence-electron chi connectivity index (χ0n) is 11.8. The molecule has 2 saturated carbocycles. The number of carbonyl (C=O) groups excluding carboxylic acids is 1. The maximum absolute atomic E-state index is 13.7. The Morgan fingerprint density at radius 2 is 1.90 bits per heavy atom. The van der Waals surface area contributed by atoms with Crippen LogP contribution >= 0.6 is 0 Å². The van der Waals surface area contributed by atoms with E-state index in [0.717, 1.165) is 37.8 Å². The molecule has 2 unspecified atom stereocenters. The average molecular weight is 294 g/mol. The van der Waals surface area contributed by atoms with Gasteiger partial charge in [0.1, 0.15) is 11.6 Å². The Labute approximate surface area is 122 Å². The van der Waals surface area contributed by atoms with Gasteiger partial charge in [-0.1, -0.05) is 0 Å². The Morgan fingerprint density at radius 1 is 1.19 bits per heavy atom. The monoisotopic (exact) mass is 294 g/mol. The summed E-state index contributed by atoms with van der Waals surface area (Å²) in [5, 5.41) is 3.02. The fraction of sp³-hybridized carbons (Fsp3) is 0.562. The number of nitrogens with two attached hydrogens (primary N) is 1. The van der Waals surface area contributed by atoms with Crippen molar-refractivity contribution in [2.45, 2.75) is 50.1 Å². The molecule has 1 aromatic rings. The van der Waals surface area contributed by atoms with Crippen molar-refractivity contribution in [2.75, 3.05) is 0 Å². The second-order valence-corrected chi connectivity index (χ2v) is 6.23. The number of halogens is 2. The normalized spacial score (nSPS) is 31.8. The Balaban J connectivity index is 1.57. The molecule has 5 heteroatoms. The standard InChI is InChI=1S/C16H20F2N2O/c17-9-1-6-15(18)13(7-9)12-8-14(12)16(21)20-11-4-2-10(19)3-5-11/h1,6-7,10-12,14H,2-5,8,19H2,(H,20,21). The summed E-state index contributed by atoms with van der Waals surface area (Å²) in [7, 11) is 0. The summed E-state index contributed by atoms with van der Waals surface area (Å²) in [6.45, 7) is 0. The molecule has 21 heavy (non-hydrogen) atoms. The van der Waals surface area contributed by atoms with Crippen LogP contribution in [0.3, 0.4) is 0 Å². The summed E-state index contributed by atoms with van der Waals surface area (Å²) in [5.74, 6) is -1.34. The summed E-state index contributed by atoms with van der Waals surface area (Å²) in [5.41, 5.74) is 6.16. The van der Waals surface area contributed by atoms with Crippen molar-refractivity contribution < 1.29 is 13.6 Å². The van der Waals surface area contributed by atoms with Crippen LogP contribution < -0.4 is 11.1 Å². The van der Waals surface area contributed by atoms with E-state index in [1.54, 1.807) is 0 Å². The Morgan fingerprint density at radius 3 is 2.62 bits per heavy atom. The van der Waals surface area contributed by atoms with E-state index in [9.17, 15) is 13.6 Å². The topological polar surface area (TPSA) is 55.1 Å². The predicted molar refractivity (Wildman–Crippen MR) is 75.6 cm³/mol. The lowest BCUT2D eigenvalue weighted by molar-refractivity contribution is -0.123. The van der Waals surface area contributed by atoms with E-state index in [1.807, 2.05) is 0 Å². The second kappa shape index (κ2) is 5.72. The van der Waals surface area contributed by atoms with E-state index < -0.39 is 11.6 Å². The lowest BCUT2D eigenvalue weighted by Crippen LogP contribution is -2.41. The molecule has 1 amide bonds. The smallest absolute Gasteiger partial charge is 0.223 e. The molecule has 0 bridgehead atoms. The van der Waals surface area contributed by atoms with E-state index in [1.165, 1.54) is 6.07 Å². The SMILES string of the molecule is NC1CCC(NC(=O)C2CC2c2cc(F)ccc2F)CC1. The molecule has 3 N–H and O–H groups in total. The van der Waals surface area contributed by atoms with E-state index in [-0.39, 0.29) is 29.8 Å². The van der Waals surface area contributed by atoms with Crippen LogP contribution in [0.1, 0.15) is 43.6 Å². The molecule has 0 radical (unpaired) electrons. The highest BCUT2D eigenvalue weighted by Gasteiger charge is 2.45. The van der Waals surface area contributed by atoms with Gasteiger partial charge in [-0.2, -0.15) is 0 Å². The molecule has 0 aliphatic heterocycles. The van der Waals surface area contributed by atoms with Gasteiger partial charge in [-0.15, -0.1) is 0 Å². The molecule has 0 aromatic heterocycles. The first-order chi connectivity index (χ1) is 10.0. The first-order valence-corrected chi connectivity index (χ1v) is 7.55. The van der Waals surface area contributed by atoms with Crippen molar-refractivity contribution in [1.82, 2.24) is 5.32 Å². The number of hydrogen-bond donors (Lipinski definition) is 2. The maximum atomic E-state index is 13.7. The Bertz CT molecular complexity index is 541. The third-order valence-electron chi connectivity index (χ3n) is 4.60. The maximum Gasteiger partial charge on any atom is 0.223 e. The molecular weight excluding hydrogens is 274 g/mol. The van der Waals surface area contributed by atoms with Gasteiger partial charge in [0, 0.05) is 18.0 Å². The van der Waals surface area contributed by atoms with Gasteiger partial charge in [-0.3, -0.25) is 4.79 Å². The van der Waals surface area contributed by atoms with E-state index >= 15 is 0 Å². The average Bonchev–Trinajstić information content (AvgIpc) is 3.24. The van der Waals surface area contributed by atoms with Crippen LogP contribution in [0.25, 0.3) is 0 Å². The third-order valence-corrected chi connectivity index (χ3v) is 4.60. The highest BCUT2D eigenvalue weighted by molar-refractivity contribution is 5.83. The van der Waals surface area contributed by atoms with Gasteiger partial charge in [0.05, 0.1) is 0 Å². The zero-order valence-corrected chi connectivity index (χ0v) is 11.8. The molecule has 0 spiro atoms. The van der Waals surface area contributed by atoms with Crippen LogP contribution in [0.2, 0.25) is 0 Å². The van der Waals surface area contributed by atoms with Gasteiger partial charge >= 0.3 is 0 Å². The van der Waals surface area contributed by atoms with Crippen LogP contribution in [-0.2, 0) is 4.79 Å². The molecule has 3 rings (SSSR count). The molecule has 2 fully saturated rings. The minimum Gasteiger partial charge on any atom is -0.353 e. The highest BCUT2D eigenvalue weighted by atomic mass is 19.1. The number of amides is 1. The molecule has 1 aromatic carbocycles. The van der Waals surface area contributed by atoms with Crippen molar-refractivity contribution in [2.24, 2.45) is 11.7 Å². The number of hydrogen-bond acceptors (Lipinski definition) is 2. The minimum absolute atomic E-state index is 0.0378. The summed E-state index contributed by atoms with van der Waals surface area (Å²) in [4.78, 5) is 12.2. The Kier molecular flexibility index (Phi) is 3.93. The van der Waals surface area contributed by atoms with Crippen LogP contribution in [-0.4, -0.2) is 18.0 Å². The number of carbonyl (C=O) groups is 1. The van der Waals surface area contributed by atoms with Gasteiger partial charge in [-0.25, -0.2) is 8.78 Å². The number of rotatable bonds is 3. The van der Waals surface area contributed by atoms with Crippen molar-refractivity contribution in [1.29, 1.82) is 0 Å². The van der Waals surface area contributed by atoms with Crippen LogP contribution in [0.15, 0.2) is 18.2 Å². The Hall–Kier alpha value is -1.49. The van der Waals surface area contributed by atoms with Crippen molar-refractivity contribution in [3.05, 3.63) is 35.4 Å². The van der Waals surface area contributed by atoms with E-state index in [0.29, 0.717) is 12.0 Å². The fourth-order valence-corrected chi connectivity index (χ4v) is 3.20. The lowest BCUT2D eigenvalue weighted by atomic mass is 9.91. The molecule has 0 heterocycles. The molecule has 2 aliphatic rings. The summed E-state index contributed by atoms with van der Waals surface area (Å²) >= 11 is 0. The lowest BCUT2D eigenvalue weighted by Gasteiger charge is -2.26. The number of benzene rings is 1. The molecule has 114 valence electrons. The number of nitrogens with one attached hydrogen (secondary N) is 1. The van der Waals surface area contributed by atoms with Crippen LogP contribution in [0, 0.1) is 17.6 Å². The molecule has 2 atom stereocenters. The summed E-state index contributed by atoms with van der Waals surface area (Å²) in [6, 6.07) is 3.85. The van der Waals surface area contributed by atoms with Gasteiger partial charge < -0.3 is 11.1 Å². The quantitative estimate of drug-likeness (QED) is 0.899. The van der Waals surface area contributed by atoms with E-state index in [4.69, 9.17) is 5.73 Å². The second-order valence-electron chi connectivity index (χ2n) is 6.23. The first kappa shape index (κ1) is 14.4. The predicted octanol–water partition coefficient (Wildman–Crippen LogP) is 2.45. The van der Waals surface area contributed by atoms with Crippen LogP contribution in [0.4, 0.5) is 8.78 Å². The zero-order chi connectivity index (χ0) is 15.0. The summed E-state index contributed by atoms with van der Waals surface area (Å²) < 4.78 is 26.9. The third kappa shape index (κ3) is 3.23.